The van der Waals surface area contributed by atoms with Crippen LogP contribution < -0.4 is 14.9 Å². The highest BCUT2D eigenvalue weighted by Gasteiger charge is 2.32. The summed E-state index contributed by atoms with van der Waals surface area (Å²) in [6, 6.07) is 3.26. The first-order valence-electron chi connectivity index (χ1n) is 6.82. The number of rotatable bonds is 6. The molecular formula is C12H16ClFN4O4S. The zero-order valence-corrected chi connectivity index (χ0v) is 13.6. The SMILES string of the molecule is O=[N+]([O-])c1cc(S(=O)(=O)NCl)ccc1NCC1(F)CCNCC1. The van der Waals surface area contributed by atoms with Crippen molar-refractivity contribution in [2.45, 2.75) is 23.4 Å². The molecular weight excluding hydrogens is 351 g/mol. The van der Waals surface area contributed by atoms with Gasteiger partial charge in [-0.2, -0.15) is 0 Å². The average Bonchev–Trinajstić information content (AvgIpc) is 2.53. The lowest BCUT2D eigenvalue weighted by Gasteiger charge is -2.30. The molecule has 1 heterocycles. The molecule has 0 saturated carbocycles. The highest BCUT2D eigenvalue weighted by molar-refractivity contribution is 7.90. The van der Waals surface area contributed by atoms with E-state index in [1.54, 1.807) is 4.24 Å². The molecule has 0 spiro atoms. The number of nitro benzene ring substituents is 1. The highest BCUT2D eigenvalue weighted by Crippen LogP contribution is 2.30. The fourth-order valence-corrected chi connectivity index (χ4v) is 3.20. The molecule has 3 N–H and O–H groups in total. The first kappa shape index (κ1) is 17.9. The van der Waals surface area contributed by atoms with Crippen LogP contribution in [0.1, 0.15) is 12.8 Å². The van der Waals surface area contributed by atoms with Gasteiger partial charge in [0.15, 0.2) is 0 Å². The lowest BCUT2D eigenvalue weighted by atomic mass is 9.94. The van der Waals surface area contributed by atoms with Crippen molar-refractivity contribution in [3.05, 3.63) is 28.3 Å². The number of nitro groups is 1. The maximum atomic E-state index is 14.5. The maximum Gasteiger partial charge on any atom is 0.293 e. The Hall–Kier alpha value is -1.49. The molecule has 1 fully saturated rings. The Kier molecular flexibility index (Phi) is 5.40. The standard InChI is InChI=1S/C12H16ClFN4O4S/c13-17-23(21,22)9-1-2-10(11(7-9)18(19)20)16-8-12(14)3-5-15-6-4-12/h1-2,7,15-17H,3-6,8H2. The molecule has 0 atom stereocenters. The van der Waals surface area contributed by atoms with E-state index in [1.807, 2.05) is 0 Å². The molecule has 0 aromatic heterocycles. The van der Waals surface area contributed by atoms with Gasteiger partial charge in [-0.15, -0.1) is 4.24 Å². The Morgan fingerprint density at radius 3 is 2.61 bits per heavy atom. The van der Waals surface area contributed by atoms with Gasteiger partial charge in [-0.05, 0) is 49.8 Å². The Morgan fingerprint density at radius 2 is 2.04 bits per heavy atom. The fraction of sp³-hybridized carbons (Fsp3) is 0.500. The van der Waals surface area contributed by atoms with Gasteiger partial charge in [-0.1, -0.05) is 0 Å². The number of sulfonamides is 1. The number of benzene rings is 1. The van der Waals surface area contributed by atoms with Crippen molar-refractivity contribution in [3.63, 3.8) is 0 Å². The molecule has 0 amide bonds. The van der Waals surface area contributed by atoms with E-state index in [0.29, 0.717) is 25.9 Å². The van der Waals surface area contributed by atoms with Crippen molar-refractivity contribution >= 4 is 33.2 Å². The van der Waals surface area contributed by atoms with Gasteiger partial charge in [-0.25, -0.2) is 12.8 Å². The second-order valence-electron chi connectivity index (χ2n) is 5.27. The first-order chi connectivity index (χ1) is 10.8. The lowest BCUT2D eigenvalue weighted by Crippen LogP contribution is -2.43. The van der Waals surface area contributed by atoms with Crippen molar-refractivity contribution < 1.29 is 17.7 Å². The number of nitrogens with zero attached hydrogens (tertiary/aromatic N) is 1. The van der Waals surface area contributed by atoms with Crippen LogP contribution in [0.3, 0.4) is 0 Å². The number of alkyl halides is 1. The predicted octanol–water partition coefficient (Wildman–Crippen LogP) is 1.53. The second kappa shape index (κ2) is 6.95. The van der Waals surface area contributed by atoms with Crippen LogP contribution in [0.15, 0.2) is 23.1 Å². The molecule has 8 nitrogen and oxygen atoms in total. The molecule has 23 heavy (non-hydrogen) atoms. The number of piperidine rings is 1. The summed E-state index contributed by atoms with van der Waals surface area (Å²) in [5.41, 5.74) is -1.86. The third-order valence-electron chi connectivity index (χ3n) is 3.67. The van der Waals surface area contributed by atoms with Crippen LogP contribution >= 0.6 is 11.8 Å². The van der Waals surface area contributed by atoms with E-state index >= 15 is 0 Å². The Balaban J connectivity index is 2.23. The molecule has 128 valence electrons. The lowest BCUT2D eigenvalue weighted by molar-refractivity contribution is -0.384. The number of hydrogen-bond donors (Lipinski definition) is 3. The summed E-state index contributed by atoms with van der Waals surface area (Å²) in [6.07, 6.45) is 0.604. The van der Waals surface area contributed by atoms with E-state index < -0.39 is 26.3 Å². The highest BCUT2D eigenvalue weighted by atomic mass is 35.5. The normalized spacial score (nSPS) is 17.7. The molecule has 1 aliphatic heterocycles. The summed E-state index contributed by atoms with van der Waals surface area (Å²) in [5, 5.41) is 16.9. The summed E-state index contributed by atoms with van der Waals surface area (Å²) in [4.78, 5) is 10.1. The molecule has 1 aromatic carbocycles. The Morgan fingerprint density at radius 1 is 1.39 bits per heavy atom. The quantitative estimate of drug-likeness (QED) is 0.400. The fourth-order valence-electron chi connectivity index (χ4n) is 2.33. The van der Waals surface area contributed by atoms with Gasteiger partial charge in [0.1, 0.15) is 11.4 Å². The van der Waals surface area contributed by atoms with E-state index in [0.717, 1.165) is 12.1 Å². The molecule has 0 aliphatic carbocycles. The molecule has 0 bridgehead atoms. The molecule has 11 heteroatoms. The molecule has 2 rings (SSSR count). The summed E-state index contributed by atoms with van der Waals surface area (Å²) < 4.78 is 39.3. The zero-order valence-electron chi connectivity index (χ0n) is 12.0. The maximum absolute atomic E-state index is 14.5. The van der Waals surface area contributed by atoms with Crippen LogP contribution in [-0.2, 0) is 10.0 Å². The van der Waals surface area contributed by atoms with Gasteiger partial charge in [0.05, 0.1) is 9.82 Å². The third-order valence-corrected chi connectivity index (χ3v) is 5.36. The largest absolute Gasteiger partial charge is 0.376 e. The summed E-state index contributed by atoms with van der Waals surface area (Å²) in [5.74, 6) is 0. The third kappa shape index (κ3) is 4.28. The molecule has 1 aromatic rings. The van der Waals surface area contributed by atoms with Crippen molar-refractivity contribution in [1.29, 1.82) is 0 Å². The van der Waals surface area contributed by atoms with E-state index in [2.05, 4.69) is 10.6 Å². The van der Waals surface area contributed by atoms with E-state index in [9.17, 15) is 22.9 Å². The van der Waals surface area contributed by atoms with Crippen LogP contribution in [0, 0.1) is 10.1 Å². The molecule has 1 aliphatic rings. The number of hydrogen-bond acceptors (Lipinski definition) is 6. The second-order valence-corrected chi connectivity index (χ2v) is 7.37. The Labute approximate surface area is 137 Å². The van der Waals surface area contributed by atoms with Crippen molar-refractivity contribution in [1.82, 2.24) is 9.56 Å². The van der Waals surface area contributed by atoms with Gasteiger partial charge in [0.2, 0.25) is 0 Å². The summed E-state index contributed by atoms with van der Waals surface area (Å²) in [7, 11) is -4.02. The van der Waals surface area contributed by atoms with Crippen molar-refractivity contribution in [2.75, 3.05) is 25.0 Å². The van der Waals surface area contributed by atoms with Crippen LogP contribution in [0.25, 0.3) is 0 Å². The van der Waals surface area contributed by atoms with Crippen LogP contribution in [-0.4, -0.2) is 38.6 Å². The van der Waals surface area contributed by atoms with Gasteiger partial charge in [0.25, 0.3) is 15.7 Å². The summed E-state index contributed by atoms with van der Waals surface area (Å²) in [6.45, 7) is 0.993. The number of nitrogens with one attached hydrogen (secondary N) is 3. The monoisotopic (exact) mass is 366 g/mol. The molecule has 1 saturated heterocycles. The number of halogens is 2. The minimum absolute atomic E-state index is 0.0547. The van der Waals surface area contributed by atoms with Gasteiger partial charge >= 0.3 is 0 Å². The van der Waals surface area contributed by atoms with E-state index in [4.69, 9.17) is 11.8 Å². The van der Waals surface area contributed by atoms with Gasteiger partial charge in [-0.3, -0.25) is 10.1 Å². The van der Waals surface area contributed by atoms with Gasteiger partial charge < -0.3 is 10.6 Å². The van der Waals surface area contributed by atoms with Crippen molar-refractivity contribution in [2.24, 2.45) is 0 Å². The summed E-state index contributed by atoms with van der Waals surface area (Å²) >= 11 is 5.10. The Bertz CT molecular complexity index is 694. The molecule has 0 unspecified atom stereocenters. The van der Waals surface area contributed by atoms with Gasteiger partial charge in [0, 0.05) is 12.6 Å². The predicted molar refractivity (Wildman–Crippen MR) is 83.7 cm³/mol. The topological polar surface area (TPSA) is 113 Å². The molecule has 0 radical (unpaired) electrons. The smallest absolute Gasteiger partial charge is 0.293 e. The minimum atomic E-state index is -4.02. The van der Waals surface area contributed by atoms with Crippen LogP contribution in [0.2, 0.25) is 0 Å². The van der Waals surface area contributed by atoms with Crippen molar-refractivity contribution in [3.8, 4) is 0 Å². The zero-order chi connectivity index (χ0) is 17.1. The van der Waals surface area contributed by atoms with Crippen LogP contribution in [0.5, 0.6) is 0 Å². The minimum Gasteiger partial charge on any atom is -0.376 e. The number of anilines is 1. The van der Waals surface area contributed by atoms with Crippen LogP contribution in [0.4, 0.5) is 15.8 Å². The van der Waals surface area contributed by atoms with E-state index in [-0.39, 0.29) is 17.1 Å². The first-order valence-corrected chi connectivity index (χ1v) is 8.68. The average molecular weight is 367 g/mol. The van der Waals surface area contributed by atoms with E-state index in [1.165, 1.54) is 6.07 Å².